The van der Waals surface area contributed by atoms with Gasteiger partial charge in [-0.05, 0) is 74.5 Å². The number of hydrogen-bond acceptors (Lipinski definition) is 4. The zero-order valence-electron chi connectivity index (χ0n) is 17.1. The number of nitrogens with two attached hydrogens (primary N) is 1. The molecule has 2 fully saturated rings. The number of likely N-dealkylation sites (tertiary alicyclic amines) is 1. The molecule has 2 aromatic carbocycles. The molecule has 1 amide bonds. The van der Waals surface area contributed by atoms with Crippen LogP contribution in [0.15, 0.2) is 42.5 Å². The van der Waals surface area contributed by atoms with Crippen molar-refractivity contribution in [3.8, 4) is 11.5 Å². The molecule has 1 aliphatic heterocycles. The van der Waals surface area contributed by atoms with Gasteiger partial charge >= 0.3 is 0 Å². The van der Waals surface area contributed by atoms with Crippen LogP contribution in [0.5, 0.6) is 11.5 Å². The van der Waals surface area contributed by atoms with E-state index in [1.54, 1.807) is 4.90 Å². The van der Waals surface area contributed by atoms with Gasteiger partial charge in [0.15, 0.2) is 0 Å². The van der Waals surface area contributed by atoms with Gasteiger partial charge in [0.25, 0.3) is 5.91 Å². The van der Waals surface area contributed by atoms with Gasteiger partial charge in [0.2, 0.25) is 0 Å². The molecule has 6 heteroatoms. The Balaban J connectivity index is 1.50. The second-order valence-corrected chi connectivity index (χ2v) is 8.53. The molecule has 2 aromatic rings. The number of carbonyl (C=O) groups excluding carboxylic acids is 1. The number of carbonyl (C=O) groups is 1. The number of piperidine rings is 1. The first-order valence-electron chi connectivity index (χ1n) is 10.7. The quantitative estimate of drug-likeness (QED) is 0.781. The third-order valence-corrected chi connectivity index (χ3v) is 6.52. The predicted molar refractivity (Wildman–Crippen MR) is 113 cm³/mol. The molecule has 2 aliphatic rings. The van der Waals surface area contributed by atoms with Crippen LogP contribution in [0.25, 0.3) is 0 Å². The Labute approximate surface area is 176 Å². The van der Waals surface area contributed by atoms with E-state index >= 15 is 0 Å². The van der Waals surface area contributed by atoms with E-state index in [2.05, 4.69) is 0 Å². The Bertz CT molecular complexity index is 902. The molecule has 160 valence electrons. The Kier molecular flexibility index (Phi) is 6.06. The lowest BCUT2D eigenvalue weighted by Crippen LogP contribution is -2.49. The molecule has 5 nitrogen and oxygen atoms in total. The maximum Gasteiger partial charge on any atom is 0.256 e. The van der Waals surface area contributed by atoms with Crippen molar-refractivity contribution in [3.05, 3.63) is 59.4 Å². The van der Waals surface area contributed by atoms with Crippen molar-refractivity contribution in [2.75, 3.05) is 19.6 Å². The van der Waals surface area contributed by atoms with Gasteiger partial charge in [-0.15, -0.1) is 0 Å². The normalized spacial score (nSPS) is 23.7. The smallest absolute Gasteiger partial charge is 0.256 e. The molecule has 0 unspecified atom stereocenters. The van der Waals surface area contributed by atoms with Crippen LogP contribution in [0.1, 0.15) is 48.0 Å². The number of halogens is 1. The molecule has 0 aromatic heterocycles. The standard InChI is InChI=1S/C24H29FN2O3/c25-21-9-8-19(30-18-6-4-17(5-7-18)10-13-26)15-20(21)23(29)27-14-2-12-24(16-27)11-1-3-22(24)28/h4-9,15,22,28H,1-3,10-14,16,26H2/t22-,24-/m1/s1. The molecule has 2 atom stereocenters. The van der Waals surface area contributed by atoms with E-state index in [-0.39, 0.29) is 23.0 Å². The molecular formula is C24H29FN2O3. The van der Waals surface area contributed by atoms with Gasteiger partial charge in [0.05, 0.1) is 11.7 Å². The van der Waals surface area contributed by atoms with Gasteiger partial charge in [0, 0.05) is 18.5 Å². The third kappa shape index (κ3) is 4.20. The minimum Gasteiger partial charge on any atom is -0.457 e. The molecule has 4 rings (SSSR count). The SMILES string of the molecule is NCCc1ccc(Oc2ccc(F)c(C(=O)N3CCC[C@]4(CCC[C@H]4O)C3)c2)cc1. The average molecular weight is 413 g/mol. The summed E-state index contributed by atoms with van der Waals surface area (Å²) in [6, 6.07) is 11.8. The highest BCUT2D eigenvalue weighted by molar-refractivity contribution is 5.95. The minimum absolute atomic E-state index is 0.0109. The van der Waals surface area contributed by atoms with Crippen molar-refractivity contribution in [2.24, 2.45) is 11.1 Å². The summed E-state index contributed by atoms with van der Waals surface area (Å²) in [4.78, 5) is 14.8. The summed E-state index contributed by atoms with van der Waals surface area (Å²) >= 11 is 0. The molecule has 0 bridgehead atoms. The van der Waals surface area contributed by atoms with E-state index in [0.29, 0.717) is 31.1 Å². The van der Waals surface area contributed by atoms with E-state index in [1.165, 1.54) is 18.2 Å². The number of aliphatic hydroxyl groups excluding tert-OH is 1. The number of aliphatic hydroxyl groups is 1. The van der Waals surface area contributed by atoms with Crippen LogP contribution in [-0.4, -0.2) is 41.7 Å². The lowest BCUT2D eigenvalue weighted by Gasteiger charge is -2.42. The highest BCUT2D eigenvalue weighted by Gasteiger charge is 2.45. The molecule has 1 heterocycles. The maximum atomic E-state index is 14.5. The fourth-order valence-electron chi connectivity index (χ4n) is 4.86. The first kappa shape index (κ1) is 20.8. The molecule has 1 spiro atoms. The Morgan fingerprint density at radius 1 is 1.17 bits per heavy atom. The Hall–Kier alpha value is -2.44. The monoisotopic (exact) mass is 412 g/mol. The van der Waals surface area contributed by atoms with Crippen LogP contribution >= 0.6 is 0 Å². The molecule has 3 N–H and O–H groups in total. The number of benzene rings is 2. The van der Waals surface area contributed by atoms with Crippen molar-refractivity contribution in [3.63, 3.8) is 0 Å². The number of nitrogens with zero attached hydrogens (tertiary/aromatic N) is 1. The summed E-state index contributed by atoms with van der Waals surface area (Å²) in [5, 5.41) is 10.5. The van der Waals surface area contributed by atoms with Crippen LogP contribution in [0.2, 0.25) is 0 Å². The van der Waals surface area contributed by atoms with Crippen LogP contribution in [-0.2, 0) is 6.42 Å². The minimum atomic E-state index is -0.558. The topological polar surface area (TPSA) is 75.8 Å². The maximum absolute atomic E-state index is 14.5. The fraction of sp³-hybridized carbons (Fsp3) is 0.458. The van der Waals surface area contributed by atoms with E-state index in [4.69, 9.17) is 10.5 Å². The van der Waals surface area contributed by atoms with Gasteiger partial charge in [0.1, 0.15) is 17.3 Å². The van der Waals surface area contributed by atoms with Gasteiger partial charge in [-0.2, -0.15) is 0 Å². The average Bonchev–Trinajstić information content (AvgIpc) is 3.09. The van der Waals surface area contributed by atoms with Crippen LogP contribution in [0.3, 0.4) is 0 Å². The Morgan fingerprint density at radius 3 is 2.60 bits per heavy atom. The van der Waals surface area contributed by atoms with E-state index < -0.39 is 5.82 Å². The van der Waals surface area contributed by atoms with E-state index in [1.807, 2.05) is 24.3 Å². The third-order valence-electron chi connectivity index (χ3n) is 6.52. The Morgan fingerprint density at radius 2 is 1.90 bits per heavy atom. The lowest BCUT2D eigenvalue weighted by molar-refractivity contribution is -0.00550. The summed E-state index contributed by atoms with van der Waals surface area (Å²) in [7, 11) is 0. The van der Waals surface area contributed by atoms with Gasteiger partial charge < -0.3 is 20.5 Å². The molecular weight excluding hydrogens is 383 g/mol. The van der Waals surface area contributed by atoms with Gasteiger partial charge in [-0.3, -0.25) is 4.79 Å². The second-order valence-electron chi connectivity index (χ2n) is 8.53. The van der Waals surface area contributed by atoms with Crippen LogP contribution in [0.4, 0.5) is 4.39 Å². The number of rotatable bonds is 5. The van der Waals surface area contributed by atoms with Crippen molar-refractivity contribution in [2.45, 2.75) is 44.6 Å². The van der Waals surface area contributed by atoms with Crippen molar-refractivity contribution < 1.29 is 19.0 Å². The first-order valence-corrected chi connectivity index (χ1v) is 10.7. The van der Waals surface area contributed by atoms with Gasteiger partial charge in [-0.25, -0.2) is 4.39 Å². The number of ether oxygens (including phenoxy) is 1. The fourth-order valence-corrected chi connectivity index (χ4v) is 4.86. The molecule has 30 heavy (non-hydrogen) atoms. The van der Waals surface area contributed by atoms with E-state index in [9.17, 15) is 14.3 Å². The molecule has 0 radical (unpaired) electrons. The van der Waals surface area contributed by atoms with Crippen molar-refractivity contribution in [1.82, 2.24) is 4.90 Å². The highest BCUT2D eigenvalue weighted by atomic mass is 19.1. The molecule has 1 saturated heterocycles. The second kappa shape index (κ2) is 8.74. The zero-order valence-corrected chi connectivity index (χ0v) is 17.1. The number of hydrogen-bond donors (Lipinski definition) is 2. The zero-order chi connectivity index (χ0) is 21.1. The molecule has 1 aliphatic carbocycles. The summed E-state index contributed by atoms with van der Waals surface area (Å²) in [5.41, 5.74) is 6.47. The van der Waals surface area contributed by atoms with Gasteiger partial charge in [-0.1, -0.05) is 18.6 Å². The summed E-state index contributed by atoms with van der Waals surface area (Å²) in [6.45, 7) is 1.65. The van der Waals surface area contributed by atoms with Crippen molar-refractivity contribution in [1.29, 1.82) is 0 Å². The summed E-state index contributed by atoms with van der Waals surface area (Å²) in [6.07, 6.45) is 4.84. The predicted octanol–water partition coefficient (Wildman–Crippen LogP) is 3.89. The first-order chi connectivity index (χ1) is 14.5. The summed E-state index contributed by atoms with van der Waals surface area (Å²) in [5.74, 6) is 0.136. The largest absolute Gasteiger partial charge is 0.457 e. The number of amides is 1. The summed E-state index contributed by atoms with van der Waals surface area (Å²) < 4.78 is 20.4. The van der Waals surface area contributed by atoms with Crippen molar-refractivity contribution >= 4 is 5.91 Å². The van der Waals surface area contributed by atoms with Crippen LogP contribution in [0, 0.1) is 11.2 Å². The van der Waals surface area contributed by atoms with E-state index in [0.717, 1.165) is 44.1 Å². The van der Waals surface area contributed by atoms with Crippen LogP contribution < -0.4 is 10.5 Å². The lowest BCUT2D eigenvalue weighted by atomic mass is 9.76. The highest BCUT2D eigenvalue weighted by Crippen LogP contribution is 2.45. The molecule has 1 saturated carbocycles.